The van der Waals surface area contributed by atoms with Gasteiger partial charge in [0.1, 0.15) is 0 Å². The fourth-order valence-corrected chi connectivity index (χ4v) is 2.45. The van der Waals surface area contributed by atoms with Crippen molar-refractivity contribution in [3.63, 3.8) is 0 Å². The fourth-order valence-electron chi connectivity index (χ4n) is 2.45. The molecule has 1 aromatic carbocycles. The highest BCUT2D eigenvalue weighted by Gasteiger charge is 2.16. The minimum absolute atomic E-state index is 0.821. The molecule has 0 radical (unpaired) electrons. The lowest BCUT2D eigenvalue weighted by Gasteiger charge is -2.35. The molecule has 0 aromatic heterocycles. The van der Waals surface area contributed by atoms with Crippen molar-refractivity contribution in [1.82, 2.24) is 10.2 Å². The molecule has 18 heavy (non-hydrogen) atoms. The first-order valence-corrected chi connectivity index (χ1v) is 6.43. The van der Waals surface area contributed by atoms with Crippen molar-refractivity contribution < 1.29 is 4.79 Å². The Morgan fingerprint density at radius 1 is 1.28 bits per heavy atom. The van der Waals surface area contributed by atoms with Crippen LogP contribution in [0.15, 0.2) is 18.2 Å². The highest BCUT2D eigenvalue weighted by Crippen LogP contribution is 2.22. The summed E-state index contributed by atoms with van der Waals surface area (Å²) in [6.07, 6.45) is 0.945. The molecule has 1 aliphatic heterocycles. The summed E-state index contributed by atoms with van der Waals surface area (Å²) in [5.41, 5.74) is 3.91. The number of anilines is 1. The predicted molar refractivity (Wildman–Crippen MR) is 73.8 cm³/mol. The Labute approximate surface area is 109 Å². The first-order chi connectivity index (χ1) is 8.74. The van der Waals surface area contributed by atoms with Crippen molar-refractivity contribution >= 4 is 12.1 Å². The molecule has 1 aliphatic rings. The molecule has 1 aromatic rings. The number of rotatable bonds is 4. The van der Waals surface area contributed by atoms with Crippen molar-refractivity contribution in [2.24, 2.45) is 0 Å². The number of carbonyl (C=O) groups excluding carboxylic acids is 1. The normalized spacial score (nSPS) is 15.9. The number of nitrogens with one attached hydrogen (secondary N) is 1. The quantitative estimate of drug-likeness (QED) is 0.806. The largest absolute Gasteiger partial charge is 0.368 e. The summed E-state index contributed by atoms with van der Waals surface area (Å²) < 4.78 is 0. The molecule has 0 unspecified atom stereocenters. The van der Waals surface area contributed by atoms with Crippen LogP contribution in [0.3, 0.4) is 0 Å². The molecule has 0 aliphatic carbocycles. The Hall–Kier alpha value is -1.55. The molecule has 1 fully saturated rings. The topological polar surface area (TPSA) is 35.6 Å². The van der Waals surface area contributed by atoms with Crippen molar-refractivity contribution in [3.8, 4) is 0 Å². The number of hydrogen-bond donors (Lipinski definition) is 1. The van der Waals surface area contributed by atoms with E-state index in [1.54, 1.807) is 0 Å². The van der Waals surface area contributed by atoms with Crippen LogP contribution in [0.4, 0.5) is 5.69 Å². The Morgan fingerprint density at radius 2 is 2.00 bits per heavy atom. The maximum Gasteiger partial charge on any atom is 0.209 e. The lowest BCUT2D eigenvalue weighted by Crippen LogP contribution is -2.45. The Bertz CT molecular complexity index is 412. The van der Waals surface area contributed by atoms with Gasteiger partial charge in [-0.3, -0.25) is 4.79 Å². The van der Waals surface area contributed by atoms with Gasteiger partial charge in [-0.2, -0.15) is 0 Å². The van der Waals surface area contributed by atoms with E-state index in [0.717, 1.165) is 39.1 Å². The zero-order valence-electron chi connectivity index (χ0n) is 11.1. The molecule has 1 amide bonds. The third kappa shape index (κ3) is 2.82. The summed E-state index contributed by atoms with van der Waals surface area (Å²) >= 11 is 0. The van der Waals surface area contributed by atoms with Gasteiger partial charge < -0.3 is 15.1 Å². The standard InChI is InChI=1S/C14H21N3O/c1-12-9-13(10-15-2)3-4-14(12)17-7-5-16(11-18)6-8-17/h3-4,9,11,15H,5-8,10H2,1-2H3. The van der Waals surface area contributed by atoms with Crippen LogP contribution in [0.2, 0.25) is 0 Å². The van der Waals surface area contributed by atoms with Gasteiger partial charge >= 0.3 is 0 Å². The second kappa shape index (κ2) is 5.87. The molecular weight excluding hydrogens is 226 g/mol. The van der Waals surface area contributed by atoms with E-state index in [4.69, 9.17) is 0 Å². The van der Waals surface area contributed by atoms with Crippen LogP contribution in [0.25, 0.3) is 0 Å². The monoisotopic (exact) mass is 247 g/mol. The van der Waals surface area contributed by atoms with E-state index in [0.29, 0.717) is 0 Å². The maximum absolute atomic E-state index is 10.7. The number of piperazine rings is 1. The number of hydrogen-bond acceptors (Lipinski definition) is 3. The first-order valence-electron chi connectivity index (χ1n) is 6.43. The van der Waals surface area contributed by atoms with E-state index < -0.39 is 0 Å². The van der Waals surface area contributed by atoms with Gasteiger partial charge in [0.05, 0.1) is 0 Å². The average Bonchev–Trinajstić information content (AvgIpc) is 2.40. The molecular formula is C14H21N3O. The summed E-state index contributed by atoms with van der Waals surface area (Å²) in [5, 5.41) is 3.16. The third-order valence-electron chi connectivity index (χ3n) is 3.45. The zero-order valence-corrected chi connectivity index (χ0v) is 11.1. The van der Waals surface area contributed by atoms with Gasteiger partial charge in [-0.15, -0.1) is 0 Å². The number of benzene rings is 1. The van der Waals surface area contributed by atoms with Crippen molar-refractivity contribution in [3.05, 3.63) is 29.3 Å². The summed E-state index contributed by atoms with van der Waals surface area (Å²) in [7, 11) is 1.96. The lowest BCUT2D eigenvalue weighted by atomic mass is 10.1. The molecule has 98 valence electrons. The van der Waals surface area contributed by atoms with Crippen LogP contribution in [-0.4, -0.2) is 44.5 Å². The molecule has 0 bridgehead atoms. The lowest BCUT2D eigenvalue weighted by molar-refractivity contribution is -0.118. The Balaban J connectivity index is 2.07. The predicted octanol–water partition coefficient (Wildman–Crippen LogP) is 0.993. The molecule has 1 heterocycles. The van der Waals surface area contributed by atoms with Crippen molar-refractivity contribution in [1.29, 1.82) is 0 Å². The molecule has 1 N–H and O–H groups in total. The fraction of sp³-hybridized carbons (Fsp3) is 0.500. The maximum atomic E-state index is 10.7. The zero-order chi connectivity index (χ0) is 13.0. The third-order valence-corrected chi connectivity index (χ3v) is 3.45. The Morgan fingerprint density at radius 3 is 2.56 bits per heavy atom. The second-order valence-electron chi connectivity index (χ2n) is 4.78. The van der Waals surface area contributed by atoms with Crippen LogP contribution in [0.1, 0.15) is 11.1 Å². The van der Waals surface area contributed by atoms with Gasteiger partial charge in [0.2, 0.25) is 6.41 Å². The summed E-state index contributed by atoms with van der Waals surface area (Å²) in [4.78, 5) is 14.9. The highest BCUT2D eigenvalue weighted by molar-refractivity contribution is 5.56. The van der Waals surface area contributed by atoms with Gasteiger partial charge in [-0.25, -0.2) is 0 Å². The van der Waals surface area contributed by atoms with E-state index in [2.05, 4.69) is 35.3 Å². The SMILES string of the molecule is CNCc1ccc(N2CCN(C=O)CC2)c(C)c1. The second-order valence-corrected chi connectivity index (χ2v) is 4.78. The van der Waals surface area contributed by atoms with Gasteiger partial charge in [0.15, 0.2) is 0 Å². The Kier molecular flexibility index (Phi) is 4.20. The van der Waals surface area contributed by atoms with Gasteiger partial charge in [0.25, 0.3) is 0 Å². The molecule has 2 rings (SSSR count). The smallest absolute Gasteiger partial charge is 0.209 e. The van der Waals surface area contributed by atoms with Gasteiger partial charge in [0, 0.05) is 38.4 Å². The van der Waals surface area contributed by atoms with Gasteiger partial charge in [-0.1, -0.05) is 12.1 Å². The molecule has 4 heteroatoms. The minimum Gasteiger partial charge on any atom is -0.368 e. The van der Waals surface area contributed by atoms with Crippen LogP contribution in [0, 0.1) is 6.92 Å². The number of nitrogens with zero attached hydrogens (tertiary/aromatic N) is 2. The summed E-state index contributed by atoms with van der Waals surface area (Å²) in [6.45, 7) is 6.54. The molecule has 0 spiro atoms. The first kappa shape index (κ1) is 12.9. The van der Waals surface area contributed by atoms with E-state index in [1.165, 1.54) is 16.8 Å². The summed E-state index contributed by atoms with van der Waals surface area (Å²) in [5.74, 6) is 0. The molecule has 1 saturated heterocycles. The molecule has 0 saturated carbocycles. The van der Waals surface area contributed by atoms with E-state index in [-0.39, 0.29) is 0 Å². The van der Waals surface area contributed by atoms with E-state index >= 15 is 0 Å². The summed E-state index contributed by atoms with van der Waals surface area (Å²) in [6, 6.07) is 6.60. The van der Waals surface area contributed by atoms with E-state index in [9.17, 15) is 4.79 Å². The van der Waals surface area contributed by atoms with Crippen LogP contribution >= 0.6 is 0 Å². The van der Waals surface area contributed by atoms with Crippen LogP contribution < -0.4 is 10.2 Å². The minimum atomic E-state index is 0.821. The van der Waals surface area contributed by atoms with Crippen LogP contribution in [-0.2, 0) is 11.3 Å². The number of aryl methyl sites for hydroxylation is 1. The average molecular weight is 247 g/mol. The number of carbonyl (C=O) groups is 1. The van der Waals surface area contributed by atoms with Crippen LogP contribution in [0.5, 0.6) is 0 Å². The number of amides is 1. The van der Waals surface area contributed by atoms with E-state index in [1.807, 2.05) is 11.9 Å². The van der Waals surface area contributed by atoms with Crippen molar-refractivity contribution in [2.45, 2.75) is 13.5 Å². The molecule has 4 nitrogen and oxygen atoms in total. The highest BCUT2D eigenvalue weighted by atomic mass is 16.1. The van der Waals surface area contributed by atoms with Crippen molar-refractivity contribution in [2.75, 3.05) is 38.1 Å². The molecule has 0 atom stereocenters. The van der Waals surface area contributed by atoms with Gasteiger partial charge in [-0.05, 0) is 31.2 Å².